The highest BCUT2D eigenvalue weighted by Gasteiger charge is 2.20. The summed E-state index contributed by atoms with van der Waals surface area (Å²) in [5.41, 5.74) is 1.35. The van der Waals surface area contributed by atoms with Crippen molar-refractivity contribution in [3.8, 4) is 11.3 Å². The zero-order valence-corrected chi connectivity index (χ0v) is 11.5. The van der Waals surface area contributed by atoms with Gasteiger partial charge in [-0.15, -0.1) is 0 Å². The smallest absolute Gasteiger partial charge is 0.261 e. The zero-order valence-electron chi connectivity index (χ0n) is 11.5. The van der Waals surface area contributed by atoms with Gasteiger partial charge in [0.2, 0.25) is 0 Å². The van der Waals surface area contributed by atoms with Gasteiger partial charge in [0, 0.05) is 12.3 Å². The van der Waals surface area contributed by atoms with Crippen LogP contribution in [0.25, 0.3) is 11.3 Å². The molecular formula is C16H16N2O3. The number of benzene rings is 1. The van der Waals surface area contributed by atoms with Crippen LogP contribution in [0.1, 0.15) is 16.8 Å². The summed E-state index contributed by atoms with van der Waals surface area (Å²) in [4.78, 5) is 26.9. The third kappa shape index (κ3) is 3.03. The molecule has 1 fully saturated rings. The van der Waals surface area contributed by atoms with Gasteiger partial charge in [0.25, 0.3) is 11.5 Å². The number of ether oxygens (including phenoxy) is 1. The standard InChI is InChI=1S/C16H16N2O3/c19-15(17-12-8-9-21-10-12)13-6-7-14(18-16(13)20)11-4-2-1-3-5-11/h1-7,12H,8-10H2,(H,17,19)(H,18,20)/t12-/m1/s1. The highest BCUT2D eigenvalue weighted by molar-refractivity contribution is 5.94. The summed E-state index contributed by atoms with van der Waals surface area (Å²) in [6.45, 7) is 1.15. The summed E-state index contributed by atoms with van der Waals surface area (Å²) in [6.07, 6.45) is 0.783. The van der Waals surface area contributed by atoms with E-state index in [0.717, 1.165) is 12.0 Å². The number of aromatic nitrogens is 1. The van der Waals surface area contributed by atoms with Crippen LogP contribution in [0.2, 0.25) is 0 Å². The number of pyridine rings is 1. The van der Waals surface area contributed by atoms with Gasteiger partial charge in [-0.25, -0.2) is 0 Å². The number of H-pyrrole nitrogens is 1. The lowest BCUT2D eigenvalue weighted by molar-refractivity contribution is 0.0928. The number of aromatic amines is 1. The Morgan fingerprint density at radius 1 is 1.19 bits per heavy atom. The molecular weight excluding hydrogens is 268 g/mol. The van der Waals surface area contributed by atoms with Crippen molar-refractivity contribution < 1.29 is 9.53 Å². The molecule has 2 N–H and O–H groups in total. The maximum absolute atomic E-state index is 12.1. The van der Waals surface area contributed by atoms with Crippen LogP contribution in [-0.2, 0) is 4.74 Å². The van der Waals surface area contributed by atoms with Crippen LogP contribution in [0.4, 0.5) is 0 Å². The van der Waals surface area contributed by atoms with Crippen molar-refractivity contribution in [1.82, 2.24) is 10.3 Å². The fourth-order valence-electron chi connectivity index (χ4n) is 2.35. The van der Waals surface area contributed by atoms with Crippen LogP contribution in [0.3, 0.4) is 0 Å². The highest BCUT2D eigenvalue weighted by Crippen LogP contribution is 2.14. The van der Waals surface area contributed by atoms with Crippen LogP contribution < -0.4 is 10.9 Å². The second kappa shape index (κ2) is 5.93. The second-order valence-electron chi connectivity index (χ2n) is 5.01. The lowest BCUT2D eigenvalue weighted by Gasteiger charge is -2.10. The first kappa shape index (κ1) is 13.6. The molecule has 1 aliphatic rings. The summed E-state index contributed by atoms with van der Waals surface area (Å²) in [5.74, 6) is -0.355. The zero-order chi connectivity index (χ0) is 14.7. The molecule has 0 spiro atoms. The molecule has 2 aromatic rings. The SMILES string of the molecule is O=C(N[C@@H]1CCOC1)c1ccc(-c2ccccc2)[nH]c1=O. The molecule has 0 aliphatic carbocycles. The van der Waals surface area contributed by atoms with Crippen molar-refractivity contribution in [2.75, 3.05) is 13.2 Å². The lowest BCUT2D eigenvalue weighted by Crippen LogP contribution is -2.37. The van der Waals surface area contributed by atoms with Crippen molar-refractivity contribution in [3.63, 3.8) is 0 Å². The number of nitrogens with one attached hydrogen (secondary N) is 2. The van der Waals surface area contributed by atoms with Gasteiger partial charge in [-0.1, -0.05) is 30.3 Å². The molecule has 1 saturated heterocycles. The molecule has 3 rings (SSSR count). The molecule has 5 nitrogen and oxygen atoms in total. The van der Waals surface area contributed by atoms with E-state index in [1.807, 2.05) is 30.3 Å². The Hall–Kier alpha value is -2.40. The number of carbonyl (C=O) groups excluding carboxylic acids is 1. The Morgan fingerprint density at radius 2 is 2.00 bits per heavy atom. The molecule has 1 aromatic heterocycles. The monoisotopic (exact) mass is 284 g/mol. The van der Waals surface area contributed by atoms with Gasteiger partial charge < -0.3 is 15.0 Å². The first-order chi connectivity index (χ1) is 10.2. The molecule has 1 aliphatic heterocycles. The Bertz CT molecular complexity index is 688. The minimum absolute atomic E-state index is 0.00861. The van der Waals surface area contributed by atoms with Crippen LogP contribution in [0.15, 0.2) is 47.3 Å². The molecule has 108 valence electrons. The first-order valence-electron chi connectivity index (χ1n) is 6.91. The summed E-state index contributed by atoms with van der Waals surface area (Å²) in [7, 11) is 0. The molecule has 1 aromatic carbocycles. The summed E-state index contributed by atoms with van der Waals surface area (Å²) < 4.78 is 5.20. The Balaban J connectivity index is 1.81. The number of amides is 1. The number of carbonyl (C=O) groups is 1. The quantitative estimate of drug-likeness (QED) is 0.898. The maximum atomic E-state index is 12.1. The van der Waals surface area contributed by atoms with Crippen LogP contribution in [0, 0.1) is 0 Å². The average molecular weight is 284 g/mol. The van der Waals surface area contributed by atoms with E-state index in [4.69, 9.17) is 4.74 Å². The van der Waals surface area contributed by atoms with Crippen molar-refractivity contribution >= 4 is 5.91 Å². The normalized spacial score (nSPS) is 17.6. The summed E-state index contributed by atoms with van der Waals surface area (Å²) in [5, 5.41) is 2.81. The second-order valence-corrected chi connectivity index (χ2v) is 5.01. The molecule has 21 heavy (non-hydrogen) atoms. The van der Waals surface area contributed by atoms with E-state index in [9.17, 15) is 9.59 Å². The molecule has 1 amide bonds. The molecule has 0 bridgehead atoms. The van der Waals surface area contributed by atoms with Crippen molar-refractivity contribution in [3.05, 3.63) is 58.4 Å². The largest absolute Gasteiger partial charge is 0.379 e. The third-order valence-corrected chi connectivity index (χ3v) is 3.50. The first-order valence-corrected chi connectivity index (χ1v) is 6.91. The van der Waals surface area contributed by atoms with Gasteiger partial charge in [-0.3, -0.25) is 9.59 Å². The van der Waals surface area contributed by atoms with E-state index in [1.165, 1.54) is 0 Å². The average Bonchev–Trinajstić information content (AvgIpc) is 3.01. The van der Waals surface area contributed by atoms with Crippen LogP contribution in [0.5, 0.6) is 0 Å². The molecule has 5 heteroatoms. The van der Waals surface area contributed by atoms with Gasteiger partial charge in [0.1, 0.15) is 5.56 Å². The van der Waals surface area contributed by atoms with E-state index in [0.29, 0.717) is 18.9 Å². The van der Waals surface area contributed by atoms with Gasteiger partial charge >= 0.3 is 0 Å². The van der Waals surface area contributed by atoms with Crippen molar-refractivity contribution in [2.45, 2.75) is 12.5 Å². The van der Waals surface area contributed by atoms with E-state index in [1.54, 1.807) is 12.1 Å². The van der Waals surface area contributed by atoms with E-state index in [2.05, 4.69) is 10.3 Å². The third-order valence-electron chi connectivity index (χ3n) is 3.50. The fraction of sp³-hybridized carbons (Fsp3) is 0.250. The Kier molecular flexibility index (Phi) is 3.83. The Morgan fingerprint density at radius 3 is 2.67 bits per heavy atom. The number of hydrogen-bond donors (Lipinski definition) is 2. The van der Waals surface area contributed by atoms with Crippen molar-refractivity contribution in [1.29, 1.82) is 0 Å². The van der Waals surface area contributed by atoms with Gasteiger partial charge in [0.15, 0.2) is 0 Å². The maximum Gasteiger partial charge on any atom is 0.261 e. The van der Waals surface area contributed by atoms with E-state index < -0.39 is 0 Å². The minimum Gasteiger partial charge on any atom is -0.379 e. The number of rotatable bonds is 3. The minimum atomic E-state index is -0.382. The predicted octanol–water partition coefficient (Wildman–Crippen LogP) is 1.56. The number of hydrogen-bond acceptors (Lipinski definition) is 3. The van der Waals surface area contributed by atoms with E-state index >= 15 is 0 Å². The summed E-state index contributed by atoms with van der Waals surface area (Å²) in [6, 6.07) is 12.8. The van der Waals surface area contributed by atoms with Gasteiger partial charge in [-0.05, 0) is 24.1 Å². The molecule has 0 saturated carbocycles. The van der Waals surface area contributed by atoms with Crippen LogP contribution >= 0.6 is 0 Å². The molecule has 0 radical (unpaired) electrons. The van der Waals surface area contributed by atoms with Crippen LogP contribution in [-0.4, -0.2) is 30.1 Å². The topological polar surface area (TPSA) is 71.2 Å². The molecule has 0 unspecified atom stereocenters. The van der Waals surface area contributed by atoms with Crippen molar-refractivity contribution in [2.24, 2.45) is 0 Å². The lowest BCUT2D eigenvalue weighted by atomic mass is 10.1. The van der Waals surface area contributed by atoms with E-state index in [-0.39, 0.29) is 23.1 Å². The van der Waals surface area contributed by atoms with Gasteiger partial charge in [0.05, 0.1) is 12.6 Å². The summed E-state index contributed by atoms with van der Waals surface area (Å²) >= 11 is 0. The molecule has 2 heterocycles. The predicted molar refractivity (Wildman–Crippen MR) is 79.2 cm³/mol. The fourth-order valence-corrected chi connectivity index (χ4v) is 2.35. The Labute approximate surface area is 122 Å². The highest BCUT2D eigenvalue weighted by atomic mass is 16.5. The molecule has 1 atom stereocenters. The van der Waals surface area contributed by atoms with Gasteiger partial charge in [-0.2, -0.15) is 0 Å².